The molecule has 0 radical (unpaired) electrons. The Kier molecular flexibility index (Phi) is 10.2. The second kappa shape index (κ2) is 11.4. The highest BCUT2D eigenvalue weighted by molar-refractivity contribution is 4.71. The van der Waals surface area contributed by atoms with Gasteiger partial charge in [0.2, 0.25) is 0 Å². The predicted molar refractivity (Wildman–Crippen MR) is 87.8 cm³/mol. The van der Waals surface area contributed by atoms with Crippen LogP contribution in [0.3, 0.4) is 0 Å². The molecule has 1 fully saturated rings. The molecule has 1 aliphatic heterocycles. The van der Waals surface area contributed by atoms with Crippen molar-refractivity contribution < 1.29 is 9.84 Å². The van der Waals surface area contributed by atoms with Crippen molar-refractivity contribution in [3.8, 4) is 0 Å². The van der Waals surface area contributed by atoms with Crippen molar-refractivity contribution in [2.45, 2.75) is 45.8 Å². The first-order valence-electron chi connectivity index (χ1n) is 8.59. The Balaban J connectivity index is 2.04. The van der Waals surface area contributed by atoms with Crippen molar-refractivity contribution in [3.63, 3.8) is 0 Å². The zero-order valence-electron chi connectivity index (χ0n) is 14.2. The monoisotopic (exact) mass is 301 g/mol. The van der Waals surface area contributed by atoms with Crippen LogP contribution < -0.4 is 5.32 Å². The Hall–Kier alpha value is -0.200. The summed E-state index contributed by atoms with van der Waals surface area (Å²) in [6.45, 7) is 15.0. The first-order chi connectivity index (χ1) is 10.2. The van der Waals surface area contributed by atoms with Crippen LogP contribution >= 0.6 is 0 Å². The molecule has 0 saturated carbocycles. The van der Waals surface area contributed by atoms with E-state index in [9.17, 15) is 5.11 Å². The smallest absolute Gasteiger partial charge is 0.0791 e. The number of aliphatic hydroxyl groups is 1. The van der Waals surface area contributed by atoms with Crippen LogP contribution in [0.1, 0.15) is 33.6 Å². The van der Waals surface area contributed by atoms with Gasteiger partial charge in [0.1, 0.15) is 0 Å². The molecule has 126 valence electrons. The minimum Gasteiger partial charge on any atom is -0.390 e. The van der Waals surface area contributed by atoms with Gasteiger partial charge in [-0.15, -0.1) is 0 Å². The van der Waals surface area contributed by atoms with E-state index >= 15 is 0 Å². The Morgan fingerprint density at radius 1 is 1.24 bits per heavy atom. The minimum absolute atomic E-state index is 0.284. The first-order valence-corrected chi connectivity index (χ1v) is 8.59. The van der Waals surface area contributed by atoms with Crippen LogP contribution in [0.2, 0.25) is 0 Å². The average Bonchev–Trinajstić information content (AvgIpc) is 2.50. The molecule has 0 aromatic heterocycles. The number of nitrogens with one attached hydrogen (secondary N) is 1. The quantitative estimate of drug-likeness (QED) is 0.591. The Bertz CT molecular complexity index is 244. The lowest BCUT2D eigenvalue weighted by Gasteiger charge is -2.29. The largest absolute Gasteiger partial charge is 0.390 e. The van der Waals surface area contributed by atoms with Crippen molar-refractivity contribution in [2.75, 3.05) is 59.0 Å². The van der Waals surface area contributed by atoms with Gasteiger partial charge < -0.3 is 20.1 Å². The molecule has 0 aromatic carbocycles. The number of ether oxygens (including phenoxy) is 1. The summed E-state index contributed by atoms with van der Waals surface area (Å²) < 4.78 is 5.32. The van der Waals surface area contributed by atoms with Crippen LogP contribution in [0.5, 0.6) is 0 Å². The lowest BCUT2D eigenvalue weighted by molar-refractivity contribution is 0.0145. The van der Waals surface area contributed by atoms with Gasteiger partial charge in [0.25, 0.3) is 0 Å². The normalized spacial score (nSPS) is 19.9. The Labute approximate surface area is 130 Å². The van der Waals surface area contributed by atoms with Crippen LogP contribution in [-0.4, -0.2) is 86.1 Å². The molecule has 2 N–H and O–H groups in total. The van der Waals surface area contributed by atoms with Gasteiger partial charge in [0.05, 0.1) is 19.3 Å². The number of hydrogen-bond acceptors (Lipinski definition) is 5. The summed E-state index contributed by atoms with van der Waals surface area (Å²) in [5.41, 5.74) is 0. The van der Waals surface area contributed by atoms with Gasteiger partial charge in [-0.1, -0.05) is 13.8 Å². The number of hydrogen-bond donors (Lipinski definition) is 2. The van der Waals surface area contributed by atoms with Crippen molar-refractivity contribution >= 4 is 0 Å². The molecule has 1 aliphatic rings. The molecule has 1 heterocycles. The van der Waals surface area contributed by atoms with E-state index in [0.29, 0.717) is 12.6 Å². The third-order valence-corrected chi connectivity index (χ3v) is 4.28. The molecule has 5 nitrogen and oxygen atoms in total. The van der Waals surface area contributed by atoms with E-state index in [1.54, 1.807) is 0 Å². The highest BCUT2D eigenvalue weighted by atomic mass is 16.5. The second-order valence-corrected chi connectivity index (χ2v) is 6.05. The molecule has 5 heteroatoms. The number of rotatable bonds is 11. The molecular formula is C16H35N3O2. The van der Waals surface area contributed by atoms with E-state index in [1.165, 1.54) is 19.4 Å². The fourth-order valence-corrected chi connectivity index (χ4v) is 2.75. The van der Waals surface area contributed by atoms with Gasteiger partial charge in [-0.2, -0.15) is 0 Å². The van der Waals surface area contributed by atoms with Crippen LogP contribution in [-0.2, 0) is 4.74 Å². The zero-order valence-corrected chi connectivity index (χ0v) is 14.2. The van der Waals surface area contributed by atoms with Crippen molar-refractivity contribution in [2.24, 2.45) is 0 Å². The standard InChI is InChI=1S/C16H35N3O2/c1-4-18(5-2)8-6-7-15(3)17-13-16(20)14-19-9-11-21-12-10-19/h15-17,20H,4-14H2,1-3H3. The molecule has 2 atom stereocenters. The van der Waals surface area contributed by atoms with Gasteiger partial charge in [-0.25, -0.2) is 0 Å². The summed E-state index contributed by atoms with van der Waals surface area (Å²) in [5.74, 6) is 0. The summed E-state index contributed by atoms with van der Waals surface area (Å²) in [7, 11) is 0. The van der Waals surface area contributed by atoms with E-state index in [0.717, 1.165) is 45.9 Å². The number of β-amino-alcohol motifs (C(OH)–C–C–N with tert-alkyl or cyclic N) is 1. The third-order valence-electron chi connectivity index (χ3n) is 4.28. The second-order valence-electron chi connectivity index (χ2n) is 6.05. The lowest BCUT2D eigenvalue weighted by Crippen LogP contribution is -2.45. The van der Waals surface area contributed by atoms with E-state index in [-0.39, 0.29) is 6.10 Å². The highest BCUT2D eigenvalue weighted by Crippen LogP contribution is 2.01. The molecule has 0 bridgehead atoms. The number of aliphatic hydroxyl groups excluding tert-OH is 1. The topological polar surface area (TPSA) is 48.0 Å². The molecular weight excluding hydrogens is 266 g/mol. The molecule has 0 aromatic rings. The van der Waals surface area contributed by atoms with Crippen molar-refractivity contribution in [1.29, 1.82) is 0 Å². The molecule has 1 rings (SSSR count). The van der Waals surface area contributed by atoms with Gasteiger partial charge >= 0.3 is 0 Å². The van der Waals surface area contributed by atoms with Crippen LogP contribution in [0.25, 0.3) is 0 Å². The summed E-state index contributed by atoms with van der Waals surface area (Å²) in [6, 6.07) is 0.472. The minimum atomic E-state index is -0.284. The maximum atomic E-state index is 10.1. The predicted octanol–water partition coefficient (Wildman–Crippen LogP) is 0.780. The summed E-state index contributed by atoms with van der Waals surface area (Å²) in [5, 5.41) is 13.5. The summed E-state index contributed by atoms with van der Waals surface area (Å²) in [6.07, 6.45) is 2.10. The molecule has 21 heavy (non-hydrogen) atoms. The van der Waals surface area contributed by atoms with Gasteiger partial charge in [-0.05, 0) is 39.4 Å². The Morgan fingerprint density at radius 2 is 1.90 bits per heavy atom. The fourth-order valence-electron chi connectivity index (χ4n) is 2.75. The molecule has 0 aliphatic carbocycles. The zero-order chi connectivity index (χ0) is 15.5. The number of morpholine rings is 1. The summed E-state index contributed by atoms with van der Waals surface area (Å²) in [4.78, 5) is 4.74. The SMILES string of the molecule is CCN(CC)CCCC(C)NCC(O)CN1CCOCC1. The average molecular weight is 301 g/mol. The molecule has 0 spiro atoms. The molecule has 0 amide bonds. The van der Waals surface area contributed by atoms with Crippen LogP contribution in [0.4, 0.5) is 0 Å². The van der Waals surface area contributed by atoms with Crippen molar-refractivity contribution in [3.05, 3.63) is 0 Å². The van der Waals surface area contributed by atoms with E-state index in [4.69, 9.17) is 4.74 Å². The highest BCUT2D eigenvalue weighted by Gasteiger charge is 2.15. The maximum Gasteiger partial charge on any atom is 0.0791 e. The fraction of sp³-hybridized carbons (Fsp3) is 1.00. The van der Waals surface area contributed by atoms with E-state index in [2.05, 4.69) is 35.9 Å². The van der Waals surface area contributed by atoms with Crippen LogP contribution in [0.15, 0.2) is 0 Å². The van der Waals surface area contributed by atoms with Crippen LogP contribution in [0, 0.1) is 0 Å². The van der Waals surface area contributed by atoms with E-state index in [1.807, 2.05) is 0 Å². The van der Waals surface area contributed by atoms with E-state index < -0.39 is 0 Å². The summed E-state index contributed by atoms with van der Waals surface area (Å²) >= 11 is 0. The van der Waals surface area contributed by atoms with Gasteiger partial charge in [0.15, 0.2) is 0 Å². The number of nitrogens with zero attached hydrogens (tertiary/aromatic N) is 2. The van der Waals surface area contributed by atoms with Gasteiger partial charge in [-0.3, -0.25) is 4.90 Å². The molecule has 2 unspecified atom stereocenters. The van der Waals surface area contributed by atoms with Gasteiger partial charge in [0, 0.05) is 32.2 Å². The molecule has 1 saturated heterocycles. The third kappa shape index (κ3) is 8.73. The maximum absolute atomic E-state index is 10.1. The van der Waals surface area contributed by atoms with Crippen molar-refractivity contribution in [1.82, 2.24) is 15.1 Å². The first kappa shape index (κ1) is 18.8. The lowest BCUT2D eigenvalue weighted by atomic mass is 10.1. The Morgan fingerprint density at radius 3 is 2.52 bits per heavy atom.